The zero-order valence-electron chi connectivity index (χ0n) is 11.2. The average molecular weight is 303 g/mol. The van der Waals surface area contributed by atoms with Crippen LogP contribution in [0.15, 0.2) is 21.7 Å². The van der Waals surface area contributed by atoms with Gasteiger partial charge in [-0.15, -0.1) is 11.3 Å². The van der Waals surface area contributed by atoms with Gasteiger partial charge in [-0.05, 0) is 30.8 Å². The van der Waals surface area contributed by atoms with Crippen molar-refractivity contribution in [3.63, 3.8) is 0 Å². The molecule has 1 aliphatic rings. The van der Waals surface area contributed by atoms with Crippen molar-refractivity contribution in [2.75, 3.05) is 25.5 Å². The van der Waals surface area contributed by atoms with Gasteiger partial charge in [0.2, 0.25) is 0 Å². The van der Waals surface area contributed by atoms with E-state index in [4.69, 9.17) is 4.74 Å². The molecule has 1 aromatic rings. The maximum absolute atomic E-state index is 12.4. The second-order valence-electron chi connectivity index (χ2n) is 4.90. The summed E-state index contributed by atoms with van der Waals surface area (Å²) >= 11 is 1.29. The molecule has 0 spiro atoms. The van der Waals surface area contributed by atoms with Gasteiger partial charge in [0, 0.05) is 18.6 Å². The fraction of sp³-hybridized carbons (Fsp3) is 0.692. The highest BCUT2D eigenvalue weighted by Gasteiger charge is 2.30. The summed E-state index contributed by atoms with van der Waals surface area (Å²) in [5, 5.41) is 5.18. The van der Waals surface area contributed by atoms with Gasteiger partial charge in [0.1, 0.15) is 4.21 Å². The molecule has 4 nitrogen and oxygen atoms in total. The molecule has 2 rings (SSSR count). The van der Waals surface area contributed by atoms with Gasteiger partial charge < -0.3 is 10.1 Å². The van der Waals surface area contributed by atoms with Crippen molar-refractivity contribution in [2.24, 2.45) is 5.92 Å². The van der Waals surface area contributed by atoms with Crippen molar-refractivity contribution in [1.82, 2.24) is 5.32 Å². The molecule has 2 heterocycles. The minimum atomic E-state index is -3.18. The van der Waals surface area contributed by atoms with E-state index in [0.717, 1.165) is 26.0 Å². The van der Waals surface area contributed by atoms with Crippen LogP contribution in [0.4, 0.5) is 0 Å². The number of thiophene rings is 1. The maximum atomic E-state index is 12.4. The van der Waals surface area contributed by atoms with E-state index < -0.39 is 9.84 Å². The normalized spacial score (nSPS) is 21.6. The van der Waals surface area contributed by atoms with E-state index in [-0.39, 0.29) is 11.8 Å². The molecule has 1 aromatic heterocycles. The van der Waals surface area contributed by atoms with E-state index in [9.17, 15) is 8.42 Å². The van der Waals surface area contributed by atoms with E-state index in [1.165, 1.54) is 11.3 Å². The summed E-state index contributed by atoms with van der Waals surface area (Å²) in [6.07, 6.45) is 1.95. The number of hydrogen-bond acceptors (Lipinski definition) is 5. The van der Waals surface area contributed by atoms with Crippen LogP contribution in [-0.2, 0) is 14.6 Å². The van der Waals surface area contributed by atoms with E-state index >= 15 is 0 Å². The topological polar surface area (TPSA) is 55.4 Å². The van der Waals surface area contributed by atoms with Gasteiger partial charge in [0.15, 0.2) is 9.84 Å². The summed E-state index contributed by atoms with van der Waals surface area (Å²) in [6.45, 7) is 4.35. The molecule has 0 aliphatic carbocycles. The second-order valence-corrected chi connectivity index (χ2v) is 8.11. The number of sulfone groups is 1. The first-order valence-corrected chi connectivity index (χ1v) is 9.24. The highest BCUT2D eigenvalue weighted by Crippen LogP contribution is 2.23. The molecule has 6 heteroatoms. The lowest BCUT2D eigenvalue weighted by atomic mass is 10.0. The number of nitrogens with one attached hydrogen (secondary N) is 1. The Morgan fingerprint density at radius 2 is 2.42 bits per heavy atom. The molecule has 1 N–H and O–H groups in total. The van der Waals surface area contributed by atoms with E-state index in [1.54, 1.807) is 17.5 Å². The van der Waals surface area contributed by atoms with Crippen molar-refractivity contribution in [3.8, 4) is 0 Å². The molecule has 1 aliphatic heterocycles. The summed E-state index contributed by atoms with van der Waals surface area (Å²) in [4.78, 5) is 0. The molecule has 19 heavy (non-hydrogen) atoms. The summed E-state index contributed by atoms with van der Waals surface area (Å²) < 4.78 is 30.6. The van der Waals surface area contributed by atoms with Gasteiger partial charge in [-0.25, -0.2) is 8.42 Å². The molecule has 0 aromatic carbocycles. The monoisotopic (exact) mass is 303 g/mol. The van der Waals surface area contributed by atoms with Crippen LogP contribution in [-0.4, -0.2) is 40.0 Å². The van der Waals surface area contributed by atoms with Crippen molar-refractivity contribution in [1.29, 1.82) is 0 Å². The predicted molar refractivity (Wildman–Crippen MR) is 77.4 cm³/mol. The molecule has 1 saturated heterocycles. The Bertz CT molecular complexity index is 464. The van der Waals surface area contributed by atoms with Crippen molar-refractivity contribution in [2.45, 2.75) is 30.0 Å². The first-order chi connectivity index (χ1) is 9.13. The maximum Gasteiger partial charge on any atom is 0.189 e. The fourth-order valence-electron chi connectivity index (χ4n) is 2.32. The van der Waals surface area contributed by atoms with Gasteiger partial charge in [0.25, 0.3) is 0 Å². The fourth-order valence-corrected chi connectivity index (χ4v) is 5.04. The smallest absolute Gasteiger partial charge is 0.189 e. The van der Waals surface area contributed by atoms with Gasteiger partial charge in [0.05, 0.1) is 12.4 Å². The number of hydrogen-bond donors (Lipinski definition) is 1. The van der Waals surface area contributed by atoms with E-state index in [1.807, 2.05) is 0 Å². The third-order valence-electron chi connectivity index (χ3n) is 3.39. The third kappa shape index (κ3) is 4.02. The molecular formula is C13H21NO3S2. The summed E-state index contributed by atoms with van der Waals surface area (Å²) in [5.74, 6) is 0.475. The van der Waals surface area contributed by atoms with Crippen LogP contribution in [0.5, 0.6) is 0 Å². The Morgan fingerprint density at radius 3 is 3.00 bits per heavy atom. The molecule has 2 atom stereocenters. The molecule has 1 fully saturated rings. The van der Waals surface area contributed by atoms with Crippen molar-refractivity contribution in [3.05, 3.63) is 17.5 Å². The summed E-state index contributed by atoms with van der Waals surface area (Å²) in [7, 11) is -3.18. The lowest BCUT2D eigenvalue weighted by Gasteiger charge is -2.23. The zero-order valence-corrected chi connectivity index (χ0v) is 12.8. The molecule has 0 amide bonds. The Labute approximate surface area is 119 Å². The van der Waals surface area contributed by atoms with Crippen LogP contribution in [0.2, 0.25) is 0 Å². The molecular weight excluding hydrogens is 282 g/mol. The number of ether oxygens (including phenoxy) is 1. The zero-order chi connectivity index (χ0) is 13.7. The van der Waals surface area contributed by atoms with Gasteiger partial charge >= 0.3 is 0 Å². The SMILES string of the molecule is CCCNC(CS(=O)(=O)c1cccs1)C1CCOC1. The lowest BCUT2D eigenvalue weighted by molar-refractivity contribution is 0.178. The Morgan fingerprint density at radius 1 is 1.58 bits per heavy atom. The lowest BCUT2D eigenvalue weighted by Crippen LogP contribution is -2.42. The Balaban J connectivity index is 2.06. The third-order valence-corrected chi connectivity index (χ3v) is 6.65. The van der Waals surface area contributed by atoms with Gasteiger partial charge in [-0.2, -0.15) is 0 Å². The molecule has 0 saturated carbocycles. The largest absolute Gasteiger partial charge is 0.381 e. The summed E-state index contributed by atoms with van der Waals surface area (Å²) in [6, 6.07) is 3.46. The van der Waals surface area contributed by atoms with Gasteiger partial charge in [-0.3, -0.25) is 0 Å². The van der Waals surface area contributed by atoms with Crippen molar-refractivity contribution >= 4 is 21.2 Å². The second kappa shape index (κ2) is 6.83. The Kier molecular flexibility index (Phi) is 5.38. The van der Waals surface area contributed by atoms with Crippen LogP contribution in [0, 0.1) is 5.92 Å². The van der Waals surface area contributed by atoms with Crippen LogP contribution in [0.25, 0.3) is 0 Å². The van der Waals surface area contributed by atoms with E-state index in [0.29, 0.717) is 16.7 Å². The van der Waals surface area contributed by atoms with Crippen LogP contribution in [0.1, 0.15) is 19.8 Å². The first-order valence-electron chi connectivity index (χ1n) is 6.71. The van der Waals surface area contributed by atoms with Crippen LogP contribution in [0.3, 0.4) is 0 Å². The first kappa shape index (κ1) is 15.0. The van der Waals surface area contributed by atoms with Crippen molar-refractivity contribution < 1.29 is 13.2 Å². The van der Waals surface area contributed by atoms with E-state index in [2.05, 4.69) is 12.2 Å². The summed E-state index contributed by atoms with van der Waals surface area (Å²) in [5.41, 5.74) is 0. The minimum Gasteiger partial charge on any atom is -0.381 e. The predicted octanol–water partition coefficient (Wildman–Crippen LogP) is 1.93. The van der Waals surface area contributed by atoms with Crippen LogP contribution < -0.4 is 5.32 Å². The number of rotatable bonds is 7. The van der Waals surface area contributed by atoms with Crippen LogP contribution >= 0.6 is 11.3 Å². The minimum absolute atomic E-state index is 0.00505. The molecule has 108 valence electrons. The standard InChI is InChI=1S/C13H21NO3S2/c1-2-6-14-12(11-5-7-17-9-11)10-19(15,16)13-4-3-8-18-13/h3-4,8,11-12,14H,2,5-7,9-10H2,1H3. The average Bonchev–Trinajstić information content (AvgIpc) is 3.05. The molecule has 0 bridgehead atoms. The highest BCUT2D eigenvalue weighted by molar-refractivity contribution is 7.93. The Hall–Kier alpha value is -0.430. The van der Waals surface area contributed by atoms with Gasteiger partial charge in [-0.1, -0.05) is 13.0 Å². The molecule has 2 unspecified atom stereocenters. The highest BCUT2D eigenvalue weighted by atomic mass is 32.2. The molecule has 0 radical (unpaired) electrons. The quantitative estimate of drug-likeness (QED) is 0.836.